The number of para-hydroxylation sites is 1. The van der Waals surface area contributed by atoms with E-state index >= 15 is 0 Å². The summed E-state index contributed by atoms with van der Waals surface area (Å²) in [6.07, 6.45) is 3.93. The maximum absolute atomic E-state index is 13.3. The number of fused-ring (bicyclic) bond motifs is 1. The van der Waals surface area contributed by atoms with E-state index in [1.807, 2.05) is 24.4 Å². The summed E-state index contributed by atoms with van der Waals surface area (Å²) in [5, 5.41) is 8.13. The third-order valence-electron chi connectivity index (χ3n) is 6.15. The van der Waals surface area contributed by atoms with Gasteiger partial charge in [0.15, 0.2) is 0 Å². The third kappa shape index (κ3) is 4.93. The summed E-state index contributed by atoms with van der Waals surface area (Å²) < 4.78 is 18.7. The number of carbonyl (C=O) groups is 1. The predicted octanol–water partition coefficient (Wildman–Crippen LogP) is 4.67. The molecule has 2 aromatic heterocycles. The highest BCUT2D eigenvalue weighted by atomic mass is 19.1. The number of piperidine rings is 1. The van der Waals surface area contributed by atoms with E-state index in [0.29, 0.717) is 5.56 Å². The topological polar surface area (TPSA) is 71.3 Å². The van der Waals surface area contributed by atoms with Crippen LogP contribution < -0.4 is 5.32 Å². The molecule has 1 aliphatic heterocycles. The van der Waals surface area contributed by atoms with E-state index in [1.54, 1.807) is 18.2 Å². The number of pyridine rings is 1. The largest absolute Gasteiger partial charge is 0.351 e. The fourth-order valence-corrected chi connectivity index (χ4v) is 4.48. The van der Waals surface area contributed by atoms with Crippen LogP contribution in [0, 0.1) is 5.82 Å². The van der Waals surface area contributed by atoms with Crippen molar-refractivity contribution < 1.29 is 13.7 Å². The number of halogens is 1. The molecule has 2 aromatic carbocycles. The number of likely N-dealkylation sites (tertiary alicyclic amines) is 1. The Morgan fingerprint density at radius 1 is 1.15 bits per heavy atom. The Morgan fingerprint density at radius 3 is 2.97 bits per heavy atom. The summed E-state index contributed by atoms with van der Waals surface area (Å²) in [7, 11) is 0. The van der Waals surface area contributed by atoms with E-state index in [4.69, 9.17) is 4.52 Å². The van der Waals surface area contributed by atoms with Crippen molar-refractivity contribution in [2.24, 2.45) is 0 Å². The standard InChI is InChI=1S/C26H25FN4O2/c27-21-7-3-5-18(13-21)15-29-26(32)25-14-24(30-33-25)20-6-4-12-31(17-20)16-19-10-11-28-23-9-2-1-8-22(19)23/h1-3,5,7-11,13-14,20H,4,6,12,15-17H2,(H,29,32)/t20-/m1/s1. The van der Waals surface area contributed by atoms with Crippen molar-refractivity contribution in [3.05, 3.63) is 95.3 Å². The third-order valence-corrected chi connectivity index (χ3v) is 6.15. The molecule has 33 heavy (non-hydrogen) atoms. The number of hydrogen-bond donors (Lipinski definition) is 1. The lowest BCUT2D eigenvalue weighted by Crippen LogP contribution is -2.34. The van der Waals surface area contributed by atoms with Crippen LogP contribution in [0.15, 0.2) is 71.4 Å². The van der Waals surface area contributed by atoms with E-state index in [2.05, 4.69) is 32.5 Å². The fraction of sp³-hybridized carbons (Fsp3) is 0.269. The summed E-state index contributed by atoms with van der Waals surface area (Å²) in [6.45, 7) is 2.95. The second-order valence-corrected chi connectivity index (χ2v) is 8.49. The molecular weight excluding hydrogens is 419 g/mol. The Labute approximate surface area is 191 Å². The Bertz CT molecular complexity index is 1270. The number of hydrogen-bond acceptors (Lipinski definition) is 5. The molecule has 0 radical (unpaired) electrons. The zero-order valence-electron chi connectivity index (χ0n) is 18.2. The van der Waals surface area contributed by atoms with Crippen molar-refractivity contribution >= 4 is 16.8 Å². The van der Waals surface area contributed by atoms with Crippen LogP contribution in [0.25, 0.3) is 10.9 Å². The summed E-state index contributed by atoms with van der Waals surface area (Å²) in [5.41, 5.74) is 3.76. The zero-order chi connectivity index (χ0) is 22.6. The second-order valence-electron chi connectivity index (χ2n) is 8.49. The first kappa shape index (κ1) is 21.3. The minimum absolute atomic E-state index is 0.179. The van der Waals surface area contributed by atoms with Gasteiger partial charge < -0.3 is 9.84 Å². The van der Waals surface area contributed by atoms with Crippen molar-refractivity contribution in [2.45, 2.75) is 31.8 Å². The van der Waals surface area contributed by atoms with E-state index in [0.717, 1.165) is 43.7 Å². The summed E-state index contributed by atoms with van der Waals surface area (Å²) in [4.78, 5) is 19.4. The average molecular weight is 445 g/mol. The molecule has 1 saturated heterocycles. The SMILES string of the molecule is O=C(NCc1cccc(F)c1)c1cc([C@@H]2CCCN(Cc3ccnc4ccccc34)C2)no1. The van der Waals surface area contributed by atoms with Gasteiger partial charge in [0.25, 0.3) is 5.91 Å². The smallest absolute Gasteiger partial charge is 0.290 e. The maximum Gasteiger partial charge on any atom is 0.290 e. The summed E-state index contributed by atoms with van der Waals surface area (Å²) in [5.74, 6) is -0.293. The van der Waals surface area contributed by atoms with Gasteiger partial charge in [-0.1, -0.05) is 35.5 Å². The molecule has 0 bridgehead atoms. The molecule has 1 fully saturated rings. The lowest BCUT2D eigenvalue weighted by Gasteiger charge is -2.32. The Morgan fingerprint density at radius 2 is 2.06 bits per heavy atom. The van der Waals surface area contributed by atoms with E-state index in [9.17, 15) is 9.18 Å². The lowest BCUT2D eigenvalue weighted by molar-refractivity contribution is 0.0913. The first-order valence-electron chi connectivity index (χ1n) is 11.2. The van der Waals surface area contributed by atoms with Crippen molar-refractivity contribution in [3.63, 3.8) is 0 Å². The molecule has 0 aliphatic carbocycles. The van der Waals surface area contributed by atoms with Crippen LogP contribution in [-0.4, -0.2) is 34.0 Å². The fourth-order valence-electron chi connectivity index (χ4n) is 4.48. The van der Waals surface area contributed by atoms with Gasteiger partial charge >= 0.3 is 0 Å². The molecule has 3 heterocycles. The molecule has 1 atom stereocenters. The van der Waals surface area contributed by atoms with Crippen molar-refractivity contribution in [1.82, 2.24) is 20.4 Å². The van der Waals surface area contributed by atoms with Crippen LogP contribution in [-0.2, 0) is 13.1 Å². The number of aromatic nitrogens is 2. The summed E-state index contributed by atoms with van der Waals surface area (Å²) >= 11 is 0. The molecule has 0 saturated carbocycles. The zero-order valence-corrected chi connectivity index (χ0v) is 18.2. The Balaban J connectivity index is 1.22. The van der Waals surface area contributed by atoms with Gasteiger partial charge in [0, 0.05) is 43.2 Å². The molecule has 6 nitrogen and oxygen atoms in total. The van der Waals surface area contributed by atoms with Gasteiger partial charge in [0.05, 0.1) is 11.2 Å². The van der Waals surface area contributed by atoms with Crippen LogP contribution >= 0.6 is 0 Å². The maximum atomic E-state index is 13.3. The Kier molecular flexibility index (Phi) is 6.13. The molecule has 168 valence electrons. The quantitative estimate of drug-likeness (QED) is 0.468. The van der Waals surface area contributed by atoms with Gasteiger partial charge in [-0.05, 0) is 54.8 Å². The molecular formula is C26H25FN4O2. The second kappa shape index (κ2) is 9.50. The Hall–Kier alpha value is -3.58. The average Bonchev–Trinajstić information content (AvgIpc) is 3.34. The van der Waals surface area contributed by atoms with Crippen molar-refractivity contribution in [1.29, 1.82) is 0 Å². The van der Waals surface area contributed by atoms with Gasteiger partial charge in [0.1, 0.15) is 5.82 Å². The van der Waals surface area contributed by atoms with Crippen LogP contribution in [0.3, 0.4) is 0 Å². The van der Waals surface area contributed by atoms with E-state index < -0.39 is 0 Å². The van der Waals surface area contributed by atoms with E-state index in [-0.39, 0.29) is 29.9 Å². The number of benzene rings is 2. The van der Waals surface area contributed by atoms with Crippen LogP contribution in [0.4, 0.5) is 4.39 Å². The molecule has 1 amide bonds. The molecule has 0 spiro atoms. The first-order valence-corrected chi connectivity index (χ1v) is 11.2. The molecule has 4 aromatic rings. The number of carbonyl (C=O) groups excluding carboxylic acids is 1. The predicted molar refractivity (Wildman–Crippen MR) is 123 cm³/mol. The minimum atomic E-state index is -0.353. The van der Waals surface area contributed by atoms with Crippen LogP contribution in [0.5, 0.6) is 0 Å². The lowest BCUT2D eigenvalue weighted by atomic mass is 9.94. The van der Waals surface area contributed by atoms with Crippen molar-refractivity contribution in [3.8, 4) is 0 Å². The molecule has 5 rings (SSSR count). The minimum Gasteiger partial charge on any atom is -0.351 e. The van der Waals surface area contributed by atoms with Crippen molar-refractivity contribution in [2.75, 3.05) is 13.1 Å². The molecule has 0 unspecified atom stereocenters. The monoisotopic (exact) mass is 444 g/mol. The number of amides is 1. The van der Waals surface area contributed by atoms with Gasteiger partial charge in [-0.3, -0.25) is 14.7 Å². The van der Waals surface area contributed by atoms with E-state index in [1.165, 1.54) is 23.1 Å². The number of rotatable bonds is 6. The van der Waals surface area contributed by atoms with Crippen LogP contribution in [0.2, 0.25) is 0 Å². The molecule has 1 N–H and O–H groups in total. The van der Waals surface area contributed by atoms with Gasteiger partial charge in [-0.25, -0.2) is 4.39 Å². The van der Waals surface area contributed by atoms with Gasteiger partial charge in [0.2, 0.25) is 5.76 Å². The molecule has 7 heteroatoms. The van der Waals surface area contributed by atoms with Gasteiger partial charge in [-0.15, -0.1) is 0 Å². The number of nitrogens with one attached hydrogen (secondary N) is 1. The highest BCUT2D eigenvalue weighted by molar-refractivity contribution is 5.91. The summed E-state index contributed by atoms with van der Waals surface area (Å²) in [6, 6.07) is 18.2. The first-order chi connectivity index (χ1) is 16.2. The molecule has 1 aliphatic rings. The number of nitrogens with zero attached hydrogens (tertiary/aromatic N) is 3. The van der Waals surface area contributed by atoms with Gasteiger partial charge in [-0.2, -0.15) is 0 Å². The van der Waals surface area contributed by atoms with Crippen LogP contribution in [0.1, 0.15) is 46.1 Å². The normalized spacial score (nSPS) is 16.7. The highest BCUT2D eigenvalue weighted by Gasteiger charge is 2.25. The highest BCUT2D eigenvalue weighted by Crippen LogP contribution is 2.28.